The summed E-state index contributed by atoms with van der Waals surface area (Å²) < 4.78 is 32.9. The summed E-state index contributed by atoms with van der Waals surface area (Å²) in [5.74, 6) is -1.23. The Kier molecular flexibility index (Phi) is 5.07. The van der Waals surface area contributed by atoms with E-state index in [0.717, 1.165) is 0 Å². The molecule has 0 radical (unpaired) electrons. The molecule has 0 spiro atoms. The number of esters is 1. The van der Waals surface area contributed by atoms with Crippen LogP contribution in [0.25, 0.3) is 0 Å². The minimum absolute atomic E-state index is 0.0221. The fourth-order valence-corrected chi connectivity index (χ4v) is 1.58. The van der Waals surface area contributed by atoms with Crippen molar-refractivity contribution in [1.82, 2.24) is 4.98 Å². The number of H-pyrrole nitrogens is 1. The number of hydrogen-bond acceptors (Lipinski definition) is 4. The summed E-state index contributed by atoms with van der Waals surface area (Å²) in [6.45, 7) is -3.37. The normalized spacial score (nSPS) is 10.3. The minimum Gasteiger partial charge on any atom is -0.451 e. The van der Waals surface area contributed by atoms with Crippen molar-refractivity contribution >= 4 is 17.6 Å². The molecule has 1 amide bonds. The van der Waals surface area contributed by atoms with Crippen molar-refractivity contribution in [3.63, 3.8) is 0 Å². The van der Waals surface area contributed by atoms with Crippen molar-refractivity contribution < 1.29 is 27.8 Å². The van der Waals surface area contributed by atoms with E-state index in [4.69, 9.17) is 4.74 Å². The molecule has 0 aliphatic carbocycles. The number of anilines is 1. The molecule has 0 atom stereocenters. The highest BCUT2D eigenvalue weighted by Gasteiger charge is 2.11. The maximum Gasteiger partial charge on any atom is 0.387 e. The smallest absolute Gasteiger partial charge is 0.387 e. The summed E-state index contributed by atoms with van der Waals surface area (Å²) in [7, 11) is 0. The lowest BCUT2D eigenvalue weighted by molar-refractivity contribution is -0.119. The van der Waals surface area contributed by atoms with Crippen LogP contribution < -0.4 is 10.1 Å². The molecule has 8 heteroatoms. The highest BCUT2D eigenvalue weighted by molar-refractivity contribution is 5.94. The van der Waals surface area contributed by atoms with Crippen LogP contribution in [0.1, 0.15) is 10.5 Å². The molecule has 116 valence electrons. The molecule has 2 N–H and O–H groups in total. The molecular weight excluding hydrogens is 298 g/mol. The lowest BCUT2D eigenvalue weighted by Crippen LogP contribution is -2.21. The molecule has 2 rings (SSSR count). The molecule has 1 aromatic carbocycles. The van der Waals surface area contributed by atoms with Gasteiger partial charge in [0.2, 0.25) is 0 Å². The molecule has 1 heterocycles. The van der Waals surface area contributed by atoms with Crippen LogP contribution in [0.4, 0.5) is 14.5 Å². The summed E-state index contributed by atoms with van der Waals surface area (Å²) in [6.07, 6.45) is 1.56. The lowest BCUT2D eigenvalue weighted by atomic mass is 10.3. The highest BCUT2D eigenvalue weighted by Crippen LogP contribution is 2.17. The number of rotatable bonds is 6. The van der Waals surface area contributed by atoms with Gasteiger partial charge >= 0.3 is 12.6 Å². The summed E-state index contributed by atoms with van der Waals surface area (Å²) in [4.78, 5) is 25.7. The van der Waals surface area contributed by atoms with Crippen molar-refractivity contribution in [1.29, 1.82) is 0 Å². The average molecular weight is 310 g/mol. The molecule has 0 saturated carbocycles. The van der Waals surface area contributed by atoms with Gasteiger partial charge in [0.15, 0.2) is 6.61 Å². The van der Waals surface area contributed by atoms with Gasteiger partial charge in [-0.3, -0.25) is 4.79 Å². The SMILES string of the molecule is O=C(COC(=O)c1ccc[nH]1)Nc1ccc(OC(F)F)cc1. The molecule has 0 unspecified atom stereocenters. The van der Waals surface area contributed by atoms with Crippen LogP contribution in [0.3, 0.4) is 0 Å². The predicted octanol–water partition coefficient (Wildman–Crippen LogP) is 2.41. The molecule has 2 aromatic rings. The number of amides is 1. The van der Waals surface area contributed by atoms with E-state index >= 15 is 0 Å². The number of halogens is 2. The second-order valence-electron chi connectivity index (χ2n) is 4.11. The number of alkyl halides is 2. The van der Waals surface area contributed by atoms with Gasteiger partial charge in [0.25, 0.3) is 5.91 Å². The Bertz CT molecular complexity index is 627. The standard InChI is InChI=1S/C14H12F2N2O4/c15-14(16)22-10-5-3-9(4-6-10)18-12(19)8-21-13(20)11-2-1-7-17-11/h1-7,14,17H,8H2,(H,18,19). The van der Waals surface area contributed by atoms with E-state index in [-0.39, 0.29) is 11.4 Å². The number of hydrogen-bond donors (Lipinski definition) is 2. The summed E-state index contributed by atoms with van der Waals surface area (Å²) in [5.41, 5.74) is 0.601. The Labute approximate surface area is 124 Å². The first-order chi connectivity index (χ1) is 10.5. The Morgan fingerprint density at radius 3 is 2.50 bits per heavy atom. The lowest BCUT2D eigenvalue weighted by Gasteiger charge is -2.08. The number of aromatic nitrogens is 1. The molecule has 0 saturated heterocycles. The fourth-order valence-electron chi connectivity index (χ4n) is 1.58. The first kappa shape index (κ1) is 15.5. The summed E-state index contributed by atoms with van der Waals surface area (Å²) in [6, 6.07) is 8.49. The number of aromatic amines is 1. The van der Waals surface area contributed by atoms with Gasteiger partial charge in [-0.15, -0.1) is 0 Å². The van der Waals surface area contributed by atoms with E-state index in [2.05, 4.69) is 15.0 Å². The van der Waals surface area contributed by atoms with Crippen LogP contribution in [-0.2, 0) is 9.53 Å². The molecule has 0 fully saturated rings. The third-order valence-electron chi connectivity index (χ3n) is 2.52. The molecule has 0 bridgehead atoms. The third kappa shape index (κ3) is 4.58. The highest BCUT2D eigenvalue weighted by atomic mass is 19.3. The second kappa shape index (κ2) is 7.21. The van der Waals surface area contributed by atoms with Gasteiger partial charge in [0.1, 0.15) is 11.4 Å². The van der Waals surface area contributed by atoms with Crippen LogP contribution in [0, 0.1) is 0 Å². The van der Waals surface area contributed by atoms with E-state index in [9.17, 15) is 18.4 Å². The topological polar surface area (TPSA) is 80.4 Å². The quantitative estimate of drug-likeness (QED) is 0.803. The first-order valence-electron chi connectivity index (χ1n) is 6.20. The average Bonchev–Trinajstić information content (AvgIpc) is 3.00. The third-order valence-corrected chi connectivity index (χ3v) is 2.52. The maximum atomic E-state index is 12.0. The van der Waals surface area contributed by atoms with E-state index in [0.29, 0.717) is 5.69 Å². The summed E-state index contributed by atoms with van der Waals surface area (Å²) >= 11 is 0. The Morgan fingerprint density at radius 2 is 1.91 bits per heavy atom. The number of nitrogens with one attached hydrogen (secondary N) is 2. The summed E-state index contributed by atoms with van der Waals surface area (Å²) in [5, 5.41) is 2.45. The predicted molar refractivity (Wildman–Crippen MR) is 72.8 cm³/mol. The van der Waals surface area contributed by atoms with Crippen molar-refractivity contribution in [2.45, 2.75) is 6.61 Å². The molecular formula is C14H12F2N2O4. The molecule has 6 nitrogen and oxygen atoms in total. The fraction of sp³-hybridized carbons (Fsp3) is 0.143. The van der Waals surface area contributed by atoms with Crippen molar-refractivity contribution in [3.8, 4) is 5.75 Å². The molecule has 1 aromatic heterocycles. The maximum absolute atomic E-state index is 12.0. The van der Waals surface area contributed by atoms with Crippen molar-refractivity contribution in [3.05, 3.63) is 48.3 Å². The van der Waals surface area contributed by atoms with Gasteiger partial charge in [-0.2, -0.15) is 8.78 Å². The van der Waals surface area contributed by atoms with E-state index < -0.39 is 25.1 Å². The zero-order valence-electron chi connectivity index (χ0n) is 11.2. The Morgan fingerprint density at radius 1 is 1.18 bits per heavy atom. The monoisotopic (exact) mass is 310 g/mol. The number of benzene rings is 1. The van der Waals surface area contributed by atoms with Crippen LogP contribution >= 0.6 is 0 Å². The van der Waals surface area contributed by atoms with Crippen molar-refractivity contribution in [2.75, 3.05) is 11.9 Å². The number of ether oxygens (including phenoxy) is 2. The first-order valence-corrected chi connectivity index (χ1v) is 6.20. The van der Waals surface area contributed by atoms with Gasteiger partial charge < -0.3 is 19.8 Å². The van der Waals surface area contributed by atoms with E-state index in [1.807, 2.05) is 0 Å². The Balaban J connectivity index is 1.80. The molecule has 0 aliphatic heterocycles. The van der Waals surface area contributed by atoms with Gasteiger partial charge in [-0.25, -0.2) is 4.79 Å². The molecule has 0 aliphatic rings. The van der Waals surface area contributed by atoms with Crippen LogP contribution in [0.5, 0.6) is 5.75 Å². The van der Waals surface area contributed by atoms with Gasteiger partial charge in [-0.05, 0) is 36.4 Å². The Hall–Kier alpha value is -2.90. The van der Waals surface area contributed by atoms with E-state index in [1.54, 1.807) is 12.3 Å². The van der Waals surface area contributed by atoms with Gasteiger partial charge in [0.05, 0.1) is 0 Å². The number of carbonyl (C=O) groups excluding carboxylic acids is 2. The largest absolute Gasteiger partial charge is 0.451 e. The zero-order chi connectivity index (χ0) is 15.9. The number of carbonyl (C=O) groups is 2. The minimum atomic E-state index is -2.91. The van der Waals surface area contributed by atoms with Crippen LogP contribution in [0.15, 0.2) is 42.6 Å². The van der Waals surface area contributed by atoms with Crippen molar-refractivity contribution in [2.24, 2.45) is 0 Å². The zero-order valence-corrected chi connectivity index (χ0v) is 11.2. The van der Waals surface area contributed by atoms with Gasteiger partial charge in [-0.1, -0.05) is 0 Å². The second-order valence-corrected chi connectivity index (χ2v) is 4.11. The van der Waals surface area contributed by atoms with Gasteiger partial charge in [0, 0.05) is 11.9 Å². The van der Waals surface area contributed by atoms with Crippen LogP contribution in [0.2, 0.25) is 0 Å². The van der Waals surface area contributed by atoms with Crippen LogP contribution in [-0.4, -0.2) is 30.1 Å². The molecule has 22 heavy (non-hydrogen) atoms. The van der Waals surface area contributed by atoms with E-state index in [1.165, 1.54) is 30.3 Å².